The molecule has 2 aromatic carbocycles. The van der Waals surface area contributed by atoms with Crippen LogP contribution in [0.15, 0.2) is 65.5 Å². The van der Waals surface area contributed by atoms with Crippen molar-refractivity contribution in [1.82, 2.24) is 9.97 Å². The fourth-order valence-corrected chi connectivity index (χ4v) is 3.21. The average molecular weight is 317 g/mol. The number of aromatic nitrogens is 2. The average Bonchev–Trinajstić information content (AvgIpc) is 2.63. The number of rotatable bonds is 3. The molecule has 0 aliphatic carbocycles. The molecule has 0 amide bonds. The third-order valence-electron chi connectivity index (χ3n) is 4.45. The van der Waals surface area contributed by atoms with E-state index in [-0.39, 0.29) is 5.56 Å². The van der Waals surface area contributed by atoms with E-state index >= 15 is 0 Å². The van der Waals surface area contributed by atoms with Gasteiger partial charge in [-0.25, -0.2) is 4.98 Å². The second-order valence-electron chi connectivity index (χ2n) is 6.11. The van der Waals surface area contributed by atoms with Gasteiger partial charge in [-0.1, -0.05) is 48.5 Å². The van der Waals surface area contributed by atoms with E-state index in [1.165, 1.54) is 0 Å². The fraction of sp³-hybridized carbons (Fsp3) is 0.200. The summed E-state index contributed by atoms with van der Waals surface area (Å²) in [5.41, 5.74) is 4.03. The minimum absolute atomic E-state index is 0.00781. The number of fused-ring (bicyclic) bond motifs is 1. The van der Waals surface area contributed by atoms with E-state index < -0.39 is 0 Å². The summed E-state index contributed by atoms with van der Waals surface area (Å²) in [7, 11) is 0. The number of para-hydroxylation sites is 1. The summed E-state index contributed by atoms with van der Waals surface area (Å²) in [6, 6.07) is 20.3. The molecule has 0 bridgehead atoms. The SMILES string of the molecule is O=c1[nH]c(Cc2ccccc2)nc2c1CN(c1ccccc1)CC2. The molecule has 3 aromatic rings. The molecule has 0 fully saturated rings. The molecule has 120 valence electrons. The Labute approximate surface area is 140 Å². The molecular formula is C20H19N3O. The minimum Gasteiger partial charge on any atom is -0.367 e. The Morgan fingerprint density at radius 1 is 1.00 bits per heavy atom. The summed E-state index contributed by atoms with van der Waals surface area (Å²) >= 11 is 0. The number of hydrogen-bond acceptors (Lipinski definition) is 3. The first-order chi connectivity index (χ1) is 11.8. The van der Waals surface area contributed by atoms with Gasteiger partial charge in [0, 0.05) is 25.1 Å². The van der Waals surface area contributed by atoms with Crippen LogP contribution in [0.1, 0.15) is 22.6 Å². The molecule has 0 saturated heterocycles. The summed E-state index contributed by atoms with van der Waals surface area (Å²) in [6.07, 6.45) is 1.46. The second kappa shape index (κ2) is 6.32. The molecule has 4 nitrogen and oxygen atoms in total. The minimum atomic E-state index is -0.00781. The zero-order chi connectivity index (χ0) is 16.4. The zero-order valence-electron chi connectivity index (χ0n) is 13.4. The molecule has 1 aromatic heterocycles. The van der Waals surface area contributed by atoms with Crippen LogP contribution in [0, 0.1) is 0 Å². The van der Waals surface area contributed by atoms with Crippen LogP contribution in [-0.2, 0) is 19.4 Å². The van der Waals surface area contributed by atoms with Crippen molar-refractivity contribution in [2.24, 2.45) is 0 Å². The lowest BCUT2D eigenvalue weighted by Crippen LogP contribution is -2.36. The van der Waals surface area contributed by atoms with Crippen molar-refractivity contribution in [2.45, 2.75) is 19.4 Å². The van der Waals surface area contributed by atoms with Gasteiger partial charge in [-0.2, -0.15) is 0 Å². The van der Waals surface area contributed by atoms with E-state index in [2.05, 4.69) is 34.1 Å². The summed E-state index contributed by atoms with van der Waals surface area (Å²) in [4.78, 5) is 22.4. The van der Waals surface area contributed by atoms with Crippen molar-refractivity contribution in [3.8, 4) is 0 Å². The number of H-pyrrole nitrogens is 1. The number of hydrogen-bond donors (Lipinski definition) is 1. The van der Waals surface area contributed by atoms with E-state index in [9.17, 15) is 4.79 Å². The topological polar surface area (TPSA) is 49.0 Å². The van der Waals surface area contributed by atoms with Crippen LogP contribution in [0.25, 0.3) is 0 Å². The van der Waals surface area contributed by atoms with Gasteiger partial charge in [0.05, 0.1) is 17.8 Å². The van der Waals surface area contributed by atoms with Crippen molar-refractivity contribution in [1.29, 1.82) is 0 Å². The molecule has 0 saturated carbocycles. The van der Waals surface area contributed by atoms with Gasteiger partial charge in [0.25, 0.3) is 5.56 Å². The standard InChI is InChI=1S/C20H19N3O/c24-20-17-14-23(16-9-5-2-6-10-16)12-11-18(17)21-19(22-20)13-15-7-3-1-4-8-15/h1-10H,11-14H2,(H,21,22,24). The van der Waals surface area contributed by atoms with Gasteiger partial charge in [0.1, 0.15) is 5.82 Å². The first kappa shape index (κ1) is 14.7. The number of benzene rings is 2. The first-order valence-corrected chi connectivity index (χ1v) is 8.24. The Kier molecular flexibility index (Phi) is 3.87. The highest BCUT2D eigenvalue weighted by atomic mass is 16.1. The molecule has 0 spiro atoms. The summed E-state index contributed by atoms with van der Waals surface area (Å²) in [5, 5.41) is 0. The molecule has 0 unspecified atom stereocenters. The van der Waals surface area contributed by atoms with Gasteiger partial charge in [0.2, 0.25) is 0 Å². The van der Waals surface area contributed by atoms with E-state index in [1.807, 2.05) is 36.4 Å². The monoisotopic (exact) mass is 317 g/mol. The molecule has 4 rings (SSSR count). The molecule has 0 radical (unpaired) electrons. The van der Waals surface area contributed by atoms with Crippen molar-refractivity contribution < 1.29 is 0 Å². The first-order valence-electron chi connectivity index (χ1n) is 8.24. The number of nitrogens with one attached hydrogen (secondary N) is 1. The van der Waals surface area contributed by atoms with Crippen molar-refractivity contribution in [3.63, 3.8) is 0 Å². The Morgan fingerprint density at radius 3 is 2.46 bits per heavy atom. The fourth-order valence-electron chi connectivity index (χ4n) is 3.21. The number of nitrogens with zero attached hydrogens (tertiary/aromatic N) is 2. The molecule has 24 heavy (non-hydrogen) atoms. The van der Waals surface area contributed by atoms with Crippen LogP contribution in [0.3, 0.4) is 0 Å². The highest BCUT2D eigenvalue weighted by Crippen LogP contribution is 2.21. The highest BCUT2D eigenvalue weighted by molar-refractivity contribution is 5.48. The lowest BCUT2D eigenvalue weighted by Gasteiger charge is -2.29. The van der Waals surface area contributed by atoms with E-state index in [0.717, 1.165) is 41.3 Å². The van der Waals surface area contributed by atoms with Gasteiger partial charge in [-0.05, 0) is 17.7 Å². The van der Waals surface area contributed by atoms with E-state index in [1.54, 1.807) is 0 Å². The van der Waals surface area contributed by atoms with Crippen LogP contribution in [-0.4, -0.2) is 16.5 Å². The molecule has 0 atom stereocenters. The molecule has 2 heterocycles. The van der Waals surface area contributed by atoms with Crippen molar-refractivity contribution in [3.05, 3.63) is 93.7 Å². The Hall–Kier alpha value is -2.88. The Morgan fingerprint density at radius 2 is 1.71 bits per heavy atom. The Bertz CT molecular complexity index is 888. The summed E-state index contributed by atoms with van der Waals surface area (Å²) in [6.45, 7) is 1.51. The molecular weight excluding hydrogens is 298 g/mol. The number of anilines is 1. The van der Waals surface area contributed by atoms with E-state index in [0.29, 0.717) is 13.0 Å². The largest absolute Gasteiger partial charge is 0.367 e. The highest BCUT2D eigenvalue weighted by Gasteiger charge is 2.21. The second-order valence-corrected chi connectivity index (χ2v) is 6.11. The predicted molar refractivity (Wildman–Crippen MR) is 95.3 cm³/mol. The smallest absolute Gasteiger partial charge is 0.256 e. The summed E-state index contributed by atoms with van der Waals surface area (Å²) < 4.78 is 0. The third kappa shape index (κ3) is 2.95. The van der Waals surface area contributed by atoms with Crippen LogP contribution in [0.2, 0.25) is 0 Å². The van der Waals surface area contributed by atoms with Crippen molar-refractivity contribution in [2.75, 3.05) is 11.4 Å². The van der Waals surface area contributed by atoms with Crippen LogP contribution >= 0.6 is 0 Å². The zero-order valence-corrected chi connectivity index (χ0v) is 13.4. The third-order valence-corrected chi connectivity index (χ3v) is 4.45. The molecule has 1 aliphatic heterocycles. The number of aromatic amines is 1. The van der Waals surface area contributed by atoms with Gasteiger partial charge in [0.15, 0.2) is 0 Å². The lowest BCUT2D eigenvalue weighted by molar-refractivity contribution is 0.688. The van der Waals surface area contributed by atoms with Crippen LogP contribution < -0.4 is 10.5 Å². The molecule has 1 aliphatic rings. The molecule has 1 N–H and O–H groups in total. The predicted octanol–water partition coefficient (Wildman–Crippen LogP) is 2.92. The van der Waals surface area contributed by atoms with Crippen LogP contribution in [0.5, 0.6) is 0 Å². The Balaban J connectivity index is 1.60. The van der Waals surface area contributed by atoms with E-state index in [4.69, 9.17) is 4.98 Å². The normalized spacial score (nSPS) is 13.6. The van der Waals surface area contributed by atoms with Crippen LogP contribution in [0.4, 0.5) is 5.69 Å². The maximum atomic E-state index is 12.5. The maximum Gasteiger partial charge on any atom is 0.256 e. The lowest BCUT2D eigenvalue weighted by atomic mass is 10.1. The van der Waals surface area contributed by atoms with Gasteiger partial charge in [-0.15, -0.1) is 0 Å². The quantitative estimate of drug-likeness (QED) is 0.808. The van der Waals surface area contributed by atoms with Gasteiger partial charge in [-0.3, -0.25) is 4.79 Å². The maximum absolute atomic E-state index is 12.5. The summed E-state index contributed by atoms with van der Waals surface area (Å²) in [5.74, 6) is 0.748. The van der Waals surface area contributed by atoms with Gasteiger partial charge < -0.3 is 9.88 Å². The van der Waals surface area contributed by atoms with Gasteiger partial charge >= 0.3 is 0 Å². The molecule has 4 heteroatoms. The van der Waals surface area contributed by atoms with Crippen molar-refractivity contribution >= 4 is 5.69 Å².